The van der Waals surface area contributed by atoms with Crippen molar-refractivity contribution in [2.75, 3.05) is 29.5 Å². The highest BCUT2D eigenvalue weighted by atomic mass is 32.2. The van der Waals surface area contributed by atoms with Gasteiger partial charge in [0.2, 0.25) is 5.91 Å². The van der Waals surface area contributed by atoms with Gasteiger partial charge in [0.25, 0.3) is 0 Å². The Hall–Kier alpha value is -1.35. The van der Waals surface area contributed by atoms with Gasteiger partial charge in [0, 0.05) is 24.3 Å². The van der Waals surface area contributed by atoms with Gasteiger partial charge in [0.1, 0.15) is 5.82 Å². The Labute approximate surface area is 147 Å². The van der Waals surface area contributed by atoms with Gasteiger partial charge < -0.3 is 10.6 Å². The van der Waals surface area contributed by atoms with Gasteiger partial charge in [-0.2, -0.15) is 0 Å². The number of thioether (sulfide) groups is 1. The second-order valence-corrected chi connectivity index (χ2v) is 9.17. The molecule has 0 aromatic carbocycles. The minimum Gasteiger partial charge on any atom is -0.384 e. The van der Waals surface area contributed by atoms with Crippen LogP contribution in [0.3, 0.4) is 0 Å². The summed E-state index contributed by atoms with van der Waals surface area (Å²) in [5, 5.41) is 0.468. The molecule has 1 saturated heterocycles. The van der Waals surface area contributed by atoms with Crippen molar-refractivity contribution in [1.29, 1.82) is 0 Å². The fourth-order valence-corrected chi connectivity index (χ4v) is 5.23. The summed E-state index contributed by atoms with van der Waals surface area (Å²) in [4.78, 5) is 22.7. The van der Waals surface area contributed by atoms with E-state index in [0.29, 0.717) is 23.9 Å². The quantitative estimate of drug-likeness (QED) is 0.567. The lowest BCUT2D eigenvalue weighted by atomic mass is 10.2. The van der Waals surface area contributed by atoms with Crippen LogP contribution in [0.5, 0.6) is 0 Å². The fourth-order valence-electron chi connectivity index (χ4n) is 2.70. The smallest absolute Gasteiger partial charge is 0.233 e. The van der Waals surface area contributed by atoms with Crippen LogP contribution in [0.15, 0.2) is 11.2 Å². The number of unbranched alkanes of at least 4 members (excludes halogenated alkanes) is 1. The van der Waals surface area contributed by atoms with Crippen molar-refractivity contribution < 1.29 is 13.2 Å². The van der Waals surface area contributed by atoms with E-state index in [1.165, 1.54) is 11.8 Å². The van der Waals surface area contributed by atoms with Crippen molar-refractivity contribution in [1.82, 2.24) is 14.9 Å². The van der Waals surface area contributed by atoms with E-state index in [4.69, 9.17) is 5.73 Å². The number of anilines is 1. The molecule has 1 aliphatic rings. The zero-order chi connectivity index (χ0) is 17.7. The first kappa shape index (κ1) is 19.0. The van der Waals surface area contributed by atoms with Crippen molar-refractivity contribution in [3.63, 3.8) is 0 Å². The summed E-state index contributed by atoms with van der Waals surface area (Å²) in [5.74, 6) is 0.726. The number of hydrogen-bond donors (Lipinski definition) is 1. The molecule has 1 aliphatic heterocycles. The van der Waals surface area contributed by atoms with E-state index in [-0.39, 0.29) is 29.2 Å². The van der Waals surface area contributed by atoms with Crippen LogP contribution in [-0.4, -0.2) is 59.0 Å². The van der Waals surface area contributed by atoms with Crippen molar-refractivity contribution >= 4 is 33.3 Å². The summed E-state index contributed by atoms with van der Waals surface area (Å²) < 4.78 is 23.4. The molecule has 2 rings (SSSR count). The molecule has 1 atom stereocenters. The lowest BCUT2D eigenvalue weighted by Gasteiger charge is -2.28. The fraction of sp³-hybridized carbons (Fsp3) is 0.667. The number of nitrogen functional groups attached to an aromatic ring is 1. The van der Waals surface area contributed by atoms with Crippen molar-refractivity contribution in [3.8, 4) is 0 Å². The van der Waals surface area contributed by atoms with E-state index in [2.05, 4.69) is 9.97 Å². The standard InChI is InChI=1S/C15H24N4O3S2/c1-3-4-6-19(12-5-7-24(21,22)10-12)14(20)9-23-15-17-11(2)8-13(16)18-15/h8,12H,3-7,9-10H2,1-2H3,(H2,16,17,18). The number of nitrogens with zero attached hydrogens (tertiary/aromatic N) is 3. The number of rotatable bonds is 7. The third kappa shape index (κ3) is 5.34. The summed E-state index contributed by atoms with van der Waals surface area (Å²) in [6.07, 6.45) is 2.34. The Bertz CT molecular complexity index is 674. The molecular formula is C15H24N4O3S2. The number of nitrogens with two attached hydrogens (primary N) is 1. The van der Waals surface area contributed by atoms with Crippen molar-refractivity contribution in [2.24, 2.45) is 0 Å². The molecule has 134 valence electrons. The SMILES string of the molecule is CCCCN(C(=O)CSc1nc(C)cc(N)n1)C1CCS(=O)(=O)C1. The second kappa shape index (κ2) is 8.15. The number of aryl methyl sites for hydroxylation is 1. The van der Waals surface area contributed by atoms with E-state index in [0.717, 1.165) is 18.5 Å². The van der Waals surface area contributed by atoms with Crippen LogP contribution in [0.1, 0.15) is 31.9 Å². The molecular weight excluding hydrogens is 348 g/mol. The Kier molecular flexibility index (Phi) is 6.45. The average molecular weight is 373 g/mol. The zero-order valence-corrected chi connectivity index (χ0v) is 15.7. The summed E-state index contributed by atoms with van der Waals surface area (Å²) >= 11 is 1.23. The summed E-state index contributed by atoms with van der Waals surface area (Å²) in [6, 6.07) is 1.46. The van der Waals surface area contributed by atoms with Gasteiger partial charge in [0.15, 0.2) is 15.0 Å². The van der Waals surface area contributed by atoms with Gasteiger partial charge in [0.05, 0.1) is 17.3 Å². The maximum absolute atomic E-state index is 12.6. The van der Waals surface area contributed by atoms with Gasteiger partial charge >= 0.3 is 0 Å². The van der Waals surface area contributed by atoms with Gasteiger partial charge in [-0.1, -0.05) is 25.1 Å². The third-order valence-electron chi connectivity index (χ3n) is 3.90. The normalized spacial score (nSPS) is 19.3. The Balaban J connectivity index is 2.02. The first-order valence-electron chi connectivity index (χ1n) is 8.04. The first-order valence-corrected chi connectivity index (χ1v) is 10.9. The highest BCUT2D eigenvalue weighted by molar-refractivity contribution is 7.99. The van der Waals surface area contributed by atoms with Gasteiger partial charge in [-0.15, -0.1) is 0 Å². The molecule has 1 aromatic rings. The van der Waals surface area contributed by atoms with Crippen LogP contribution in [0, 0.1) is 6.92 Å². The number of aromatic nitrogens is 2. The van der Waals surface area contributed by atoms with E-state index in [9.17, 15) is 13.2 Å². The highest BCUT2D eigenvalue weighted by Gasteiger charge is 2.34. The third-order valence-corrected chi connectivity index (χ3v) is 6.48. The predicted octanol–water partition coefficient (Wildman–Crippen LogP) is 1.28. The Morgan fingerprint density at radius 1 is 1.46 bits per heavy atom. The molecule has 0 bridgehead atoms. The molecule has 1 fully saturated rings. The number of sulfone groups is 1. The maximum Gasteiger partial charge on any atom is 0.233 e. The molecule has 1 amide bonds. The maximum atomic E-state index is 12.6. The molecule has 1 unspecified atom stereocenters. The number of amides is 1. The van der Waals surface area contributed by atoms with Crippen LogP contribution < -0.4 is 5.73 Å². The molecule has 1 aromatic heterocycles. The van der Waals surface area contributed by atoms with Crippen molar-refractivity contribution in [3.05, 3.63) is 11.8 Å². The van der Waals surface area contributed by atoms with Crippen LogP contribution in [-0.2, 0) is 14.6 Å². The van der Waals surface area contributed by atoms with Crippen LogP contribution >= 0.6 is 11.8 Å². The molecule has 0 radical (unpaired) electrons. The van der Waals surface area contributed by atoms with Crippen LogP contribution in [0.25, 0.3) is 0 Å². The summed E-state index contributed by atoms with van der Waals surface area (Å²) in [5.41, 5.74) is 6.45. The molecule has 9 heteroatoms. The average Bonchev–Trinajstić information content (AvgIpc) is 2.84. The molecule has 0 spiro atoms. The molecule has 7 nitrogen and oxygen atoms in total. The Morgan fingerprint density at radius 3 is 2.79 bits per heavy atom. The number of carbonyl (C=O) groups excluding carboxylic acids is 1. The monoisotopic (exact) mass is 372 g/mol. The molecule has 0 saturated carbocycles. The van der Waals surface area contributed by atoms with E-state index in [1.807, 2.05) is 13.8 Å². The highest BCUT2D eigenvalue weighted by Crippen LogP contribution is 2.21. The minimum atomic E-state index is -3.02. The first-order chi connectivity index (χ1) is 11.3. The molecule has 2 N–H and O–H groups in total. The summed E-state index contributed by atoms with van der Waals surface area (Å²) in [7, 11) is -3.02. The lowest BCUT2D eigenvalue weighted by Crippen LogP contribution is -2.42. The van der Waals surface area contributed by atoms with E-state index in [1.54, 1.807) is 11.0 Å². The van der Waals surface area contributed by atoms with Crippen LogP contribution in [0.2, 0.25) is 0 Å². The minimum absolute atomic E-state index is 0.0702. The van der Waals surface area contributed by atoms with Gasteiger partial charge in [-0.3, -0.25) is 4.79 Å². The van der Waals surface area contributed by atoms with E-state index >= 15 is 0 Å². The molecule has 24 heavy (non-hydrogen) atoms. The van der Waals surface area contributed by atoms with Gasteiger partial charge in [-0.25, -0.2) is 18.4 Å². The second-order valence-electron chi connectivity index (χ2n) is 6.00. The largest absolute Gasteiger partial charge is 0.384 e. The topological polar surface area (TPSA) is 106 Å². The molecule has 0 aliphatic carbocycles. The Morgan fingerprint density at radius 2 is 2.21 bits per heavy atom. The number of hydrogen-bond acceptors (Lipinski definition) is 7. The van der Waals surface area contributed by atoms with Gasteiger partial charge in [-0.05, 0) is 19.8 Å². The lowest BCUT2D eigenvalue weighted by molar-refractivity contribution is -0.130. The van der Waals surface area contributed by atoms with E-state index < -0.39 is 9.84 Å². The predicted molar refractivity (Wildman–Crippen MR) is 95.6 cm³/mol. The van der Waals surface area contributed by atoms with Crippen LogP contribution in [0.4, 0.5) is 5.82 Å². The number of carbonyl (C=O) groups is 1. The zero-order valence-electron chi connectivity index (χ0n) is 14.1. The summed E-state index contributed by atoms with van der Waals surface area (Å²) in [6.45, 7) is 4.46. The molecule has 2 heterocycles. The van der Waals surface area contributed by atoms with Crippen molar-refractivity contribution in [2.45, 2.75) is 44.3 Å².